The maximum atomic E-state index is 12.4. The third-order valence-corrected chi connectivity index (χ3v) is 5.32. The summed E-state index contributed by atoms with van der Waals surface area (Å²) >= 11 is 1.26. The molecule has 1 N–H and O–H groups in total. The molecule has 0 unspecified atom stereocenters. The number of nitrogens with zero attached hydrogens (tertiary/aromatic N) is 4. The summed E-state index contributed by atoms with van der Waals surface area (Å²) in [6.07, 6.45) is 2.38. The molecule has 0 bridgehead atoms. The van der Waals surface area contributed by atoms with Crippen LogP contribution in [-0.2, 0) is 17.8 Å². The highest BCUT2D eigenvalue weighted by molar-refractivity contribution is 7.99. The predicted molar refractivity (Wildman–Crippen MR) is 117 cm³/mol. The van der Waals surface area contributed by atoms with Crippen molar-refractivity contribution in [2.24, 2.45) is 0 Å². The summed E-state index contributed by atoms with van der Waals surface area (Å²) in [6.45, 7) is 6.10. The van der Waals surface area contributed by atoms with Gasteiger partial charge in [-0.05, 0) is 18.1 Å². The number of nitro benzene ring substituents is 1. The van der Waals surface area contributed by atoms with Gasteiger partial charge < -0.3 is 9.88 Å². The normalized spacial score (nSPS) is 10.6. The molecule has 30 heavy (non-hydrogen) atoms. The summed E-state index contributed by atoms with van der Waals surface area (Å²) in [5.74, 6) is 0.614. The van der Waals surface area contributed by atoms with Crippen LogP contribution in [0, 0.1) is 17.0 Å². The fourth-order valence-corrected chi connectivity index (χ4v) is 3.59. The van der Waals surface area contributed by atoms with E-state index in [4.69, 9.17) is 0 Å². The minimum absolute atomic E-state index is 0.0696. The molecule has 2 aromatic carbocycles. The molecular weight excluding hydrogens is 402 g/mol. The Morgan fingerprint density at radius 2 is 2.03 bits per heavy atom. The number of hydrogen-bond donors (Lipinski definition) is 1. The minimum Gasteiger partial charge on any atom is -0.325 e. The average Bonchev–Trinajstić information content (AvgIpc) is 3.10. The number of aromatic nitrogens is 3. The Morgan fingerprint density at radius 3 is 2.73 bits per heavy atom. The predicted octanol–water partition coefficient (Wildman–Crippen LogP) is 4.00. The summed E-state index contributed by atoms with van der Waals surface area (Å²) in [4.78, 5) is 22.9. The van der Waals surface area contributed by atoms with Crippen molar-refractivity contribution in [3.8, 4) is 0 Å². The monoisotopic (exact) mass is 423 g/mol. The highest BCUT2D eigenvalue weighted by atomic mass is 32.2. The van der Waals surface area contributed by atoms with Crippen LogP contribution < -0.4 is 5.32 Å². The van der Waals surface area contributed by atoms with Crippen molar-refractivity contribution in [2.45, 2.75) is 25.0 Å². The smallest absolute Gasteiger partial charge is 0.271 e. The van der Waals surface area contributed by atoms with Gasteiger partial charge in [0.15, 0.2) is 5.16 Å². The average molecular weight is 423 g/mol. The number of aryl methyl sites for hydroxylation is 1. The van der Waals surface area contributed by atoms with E-state index >= 15 is 0 Å². The van der Waals surface area contributed by atoms with Crippen molar-refractivity contribution >= 4 is 29.0 Å². The van der Waals surface area contributed by atoms with E-state index in [2.05, 4.69) is 22.1 Å². The molecule has 0 aliphatic carbocycles. The third-order valence-electron chi connectivity index (χ3n) is 4.35. The maximum absolute atomic E-state index is 12.4. The first kappa shape index (κ1) is 21.3. The lowest BCUT2D eigenvalue weighted by molar-refractivity contribution is -0.384. The lowest BCUT2D eigenvalue weighted by Crippen LogP contribution is -2.15. The van der Waals surface area contributed by atoms with Crippen LogP contribution in [0.1, 0.15) is 17.0 Å². The first-order chi connectivity index (χ1) is 14.5. The van der Waals surface area contributed by atoms with E-state index in [1.807, 2.05) is 34.9 Å². The molecule has 0 saturated heterocycles. The number of nitrogens with one attached hydrogen (secondary N) is 1. The van der Waals surface area contributed by atoms with Gasteiger partial charge >= 0.3 is 0 Å². The van der Waals surface area contributed by atoms with Gasteiger partial charge in [-0.25, -0.2) is 0 Å². The molecule has 1 heterocycles. The molecule has 0 saturated carbocycles. The molecule has 0 aliphatic rings. The zero-order valence-corrected chi connectivity index (χ0v) is 17.3. The van der Waals surface area contributed by atoms with Gasteiger partial charge in [-0.2, -0.15) is 0 Å². The number of thioether (sulfide) groups is 1. The van der Waals surface area contributed by atoms with Crippen LogP contribution in [0.15, 0.2) is 66.3 Å². The fourth-order valence-electron chi connectivity index (χ4n) is 2.82. The number of benzene rings is 2. The van der Waals surface area contributed by atoms with E-state index in [1.54, 1.807) is 19.1 Å². The quantitative estimate of drug-likeness (QED) is 0.241. The van der Waals surface area contributed by atoms with Gasteiger partial charge in [0.2, 0.25) is 5.91 Å². The molecule has 0 radical (unpaired) electrons. The van der Waals surface area contributed by atoms with Gasteiger partial charge in [-0.15, -0.1) is 16.8 Å². The summed E-state index contributed by atoms with van der Waals surface area (Å²) in [5.41, 5.74) is 2.22. The molecule has 8 nitrogen and oxygen atoms in total. The van der Waals surface area contributed by atoms with Crippen molar-refractivity contribution in [2.75, 3.05) is 11.1 Å². The molecule has 0 aliphatic heterocycles. The molecule has 0 fully saturated rings. The minimum atomic E-state index is -0.490. The van der Waals surface area contributed by atoms with E-state index in [9.17, 15) is 14.9 Å². The summed E-state index contributed by atoms with van der Waals surface area (Å²) in [5, 5.41) is 22.8. The number of carbonyl (C=O) groups is 1. The van der Waals surface area contributed by atoms with Gasteiger partial charge in [0.25, 0.3) is 5.69 Å². The largest absolute Gasteiger partial charge is 0.325 e. The second-order valence-corrected chi connectivity index (χ2v) is 7.50. The Morgan fingerprint density at radius 1 is 1.27 bits per heavy atom. The summed E-state index contributed by atoms with van der Waals surface area (Å²) < 4.78 is 1.93. The topological polar surface area (TPSA) is 103 Å². The Balaban J connectivity index is 1.68. The number of carbonyl (C=O) groups excluding carboxylic acids is 1. The Labute approximate surface area is 178 Å². The number of hydrogen-bond acceptors (Lipinski definition) is 6. The molecule has 0 atom stereocenters. The number of rotatable bonds is 9. The number of non-ortho nitro benzene ring substituents is 1. The molecular formula is C21H21N5O3S. The van der Waals surface area contributed by atoms with Gasteiger partial charge in [0.05, 0.1) is 16.4 Å². The molecule has 1 aromatic heterocycles. The van der Waals surface area contributed by atoms with Crippen molar-refractivity contribution in [3.63, 3.8) is 0 Å². The van der Waals surface area contributed by atoms with Crippen molar-refractivity contribution in [1.29, 1.82) is 0 Å². The van der Waals surface area contributed by atoms with Crippen molar-refractivity contribution in [3.05, 3.63) is 88.3 Å². The van der Waals surface area contributed by atoms with E-state index in [0.717, 1.165) is 17.0 Å². The number of amides is 1. The first-order valence-electron chi connectivity index (χ1n) is 9.22. The molecule has 0 spiro atoms. The van der Waals surface area contributed by atoms with Crippen molar-refractivity contribution in [1.82, 2.24) is 14.8 Å². The number of nitro groups is 1. The fraction of sp³-hybridized carbons (Fsp3) is 0.190. The van der Waals surface area contributed by atoms with Crippen LogP contribution in [0.4, 0.5) is 11.4 Å². The molecule has 154 valence electrons. The molecule has 3 aromatic rings. The highest BCUT2D eigenvalue weighted by Crippen LogP contribution is 2.23. The molecule has 1 amide bonds. The Hall–Kier alpha value is -3.46. The van der Waals surface area contributed by atoms with Crippen LogP contribution in [0.3, 0.4) is 0 Å². The lowest BCUT2D eigenvalue weighted by atomic mass is 10.1. The highest BCUT2D eigenvalue weighted by Gasteiger charge is 2.15. The van der Waals surface area contributed by atoms with E-state index in [1.165, 1.54) is 23.9 Å². The van der Waals surface area contributed by atoms with Gasteiger partial charge in [-0.1, -0.05) is 54.2 Å². The van der Waals surface area contributed by atoms with Crippen LogP contribution in [-0.4, -0.2) is 31.3 Å². The van der Waals surface area contributed by atoms with Gasteiger partial charge in [0, 0.05) is 25.1 Å². The van der Waals surface area contributed by atoms with Crippen LogP contribution in [0.2, 0.25) is 0 Å². The van der Waals surface area contributed by atoms with Crippen LogP contribution in [0.25, 0.3) is 0 Å². The second-order valence-electron chi connectivity index (χ2n) is 6.55. The lowest BCUT2D eigenvalue weighted by Gasteiger charge is -2.09. The van der Waals surface area contributed by atoms with E-state index in [0.29, 0.717) is 23.8 Å². The summed E-state index contributed by atoms with van der Waals surface area (Å²) in [7, 11) is 0. The standard InChI is InChI=1S/C21H21N5O3S/c1-3-11-25-19(12-16-7-5-4-6-8-16)23-24-21(25)30-14-20(27)22-18-13-17(26(28)29)10-9-15(18)2/h3-10,13H,1,11-12,14H2,2H3,(H,22,27). The van der Waals surface area contributed by atoms with Gasteiger partial charge in [0.1, 0.15) is 5.82 Å². The van der Waals surface area contributed by atoms with Crippen LogP contribution in [0.5, 0.6) is 0 Å². The first-order valence-corrected chi connectivity index (χ1v) is 10.2. The van der Waals surface area contributed by atoms with Crippen molar-refractivity contribution < 1.29 is 9.72 Å². The van der Waals surface area contributed by atoms with Crippen LogP contribution >= 0.6 is 11.8 Å². The second kappa shape index (κ2) is 9.84. The zero-order chi connectivity index (χ0) is 21.5. The zero-order valence-electron chi connectivity index (χ0n) is 16.4. The summed E-state index contributed by atoms with van der Waals surface area (Å²) in [6, 6.07) is 14.3. The van der Waals surface area contributed by atoms with E-state index < -0.39 is 4.92 Å². The molecule has 9 heteroatoms. The Bertz CT molecular complexity index is 1070. The maximum Gasteiger partial charge on any atom is 0.271 e. The third kappa shape index (κ3) is 5.32. The van der Waals surface area contributed by atoms with E-state index in [-0.39, 0.29) is 17.3 Å². The number of anilines is 1. The number of allylic oxidation sites excluding steroid dienone is 1. The SMILES string of the molecule is C=CCn1c(Cc2ccccc2)nnc1SCC(=O)Nc1cc([N+](=O)[O-])ccc1C. The van der Waals surface area contributed by atoms with Gasteiger partial charge in [-0.3, -0.25) is 14.9 Å². The molecule has 3 rings (SSSR count). The Kier molecular flexibility index (Phi) is 6.97.